The highest BCUT2D eigenvalue weighted by Crippen LogP contribution is 2.61. The molecular weight excluding hydrogens is 936 g/mol. The lowest BCUT2D eigenvalue weighted by Gasteiger charge is -2.35. The molecule has 0 heterocycles. The molecule has 7 aromatic carbocycles. The van der Waals surface area contributed by atoms with E-state index in [4.69, 9.17) is 0 Å². The maximum atomic E-state index is 15.9. The van der Waals surface area contributed by atoms with E-state index in [1.165, 1.54) is 0 Å². The summed E-state index contributed by atoms with van der Waals surface area (Å²) in [5, 5.41) is 0. The first-order valence-corrected chi connectivity index (χ1v) is 23.1. The molecule has 0 N–H and O–H groups in total. The fourth-order valence-electron chi connectivity index (χ4n) is 10.3. The van der Waals surface area contributed by atoms with E-state index in [2.05, 4.69) is 108 Å². The third-order valence-corrected chi connectivity index (χ3v) is 15.3. The molecule has 64 heavy (non-hydrogen) atoms. The van der Waals surface area contributed by atoms with Crippen molar-refractivity contribution in [2.24, 2.45) is 0 Å². The van der Waals surface area contributed by atoms with Gasteiger partial charge in [-0.3, -0.25) is 0 Å². The lowest BCUT2D eigenvalue weighted by molar-refractivity contribution is -0.105. The number of hydrogen-bond acceptors (Lipinski definition) is 2. The molecule has 0 amide bonds. The van der Waals surface area contributed by atoms with Gasteiger partial charge in [0.25, 0.3) is 11.8 Å². The highest BCUT2D eigenvalue weighted by molar-refractivity contribution is 9.10. The number of rotatable bonds is 8. The summed E-state index contributed by atoms with van der Waals surface area (Å²) in [5.74, 6) is -5.84. The Morgan fingerprint density at radius 3 is 0.969 bits per heavy atom. The number of benzene rings is 7. The van der Waals surface area contributed by atoms with Crippen LogP contribution >= 0.6 is 31.9 Å². The average Bonchev–Trinajstić information content (AvgIpc) is 3.45. The maximum Gasteiger partial charge on any atom is 0.266 e. The molecule has 0 fully saturated rings. The average molecular weight is 987 g/mol. The van der Waals surface area contributed by atoms with Gasteiger partial charge in [0.1, 0.15) is 0 Å². The van der Waals surface area contributed by atoms with Crippen molar-refractivity contribution in [2.75, 3.05) is 9.80 Å². The van der Waals surface area contributed by atoms with Crippen molar-refractivity contribution in [3.05, 3.63) is 189 Å². The first-order valence-electron chi connectivity index (χ1n) is 21.6. The molecule has 0 unspecified atom stereocenters. The summed E-state index contributed by atoms with van der Waals surface area (Å²) in [4.78, 5) is 4.40. The second-order valence-electron chi connectivity index (χ2n) is 19.4. The van der Waals surface area contributed by atoms with Gasteiger partial charge in [-0.2, -0.15) is 0 Å². The van der Waals surface area contributed by atoms with Crippen LogP contribution in [-0.2, 0) is 21.7 Å². The molecule has 0 atom stereocenters. The monoisotopic (exact) mass is 984 g/mol. The summed E-state index contributed by atoms with van der Waals surface area (Å²) >= 11 is 7.25. The minimum atomic E-state index is -2.92. The van der Waals surface area contributed by atoms with Crippen molar-refractivity contribution in [2.45, 2.75) is 88.9 Å². The van der Waals surface area contributed by atoms with Gasteiger partial charge < -0.3 is 9.80 Å². The molecular formula is C56H50Br2F4N2. The zero-order valence-corrected chi connectivity index (χ0v) is 40.3. The van der Waals surface area contributed by atoms with Crippen LogP contribution in [0.5, 0.6) is 0 Å². The smallest absolute Gasteiger partial charge is 0.266 e. The van der Waals surface area contributed by atoms with E-state index in [9.17, 15) is 0 Å². The molecule has 0 saturated carbocycles. The Labute approximate surface area is 391 Å². The van der Waals surface area contributed by atoms with Crippen molar-refractivity contribution in [3.63, 3.8) is 0 Å². The van der Waals surface area contributed by atoms with Crippen LogP contribution in [0.1, 0.15) is 77.6 Å². The molecule has 8 heteroatoms. The van der Waals surface area contributed by atoms with E-state index in [1.54, 1.807) is 55.4 Å². The fourth-order valence-corrected chi connectivity index (χ4v) is 10.8. The van der Waals surface area contributed by atoms with Gasteiger partial charge in [0.05, 0.1) is 21.7 Å². The Morgan fingerprint density at radius 2 is 0.609 bits per heavy atom. The molecule has 0 aromatic heterocycles. The second kappa shape index (κ2) is 15.2. The minimum Gasteiger partial charge on any atom is -0.310 e. The van der Waals surface area contributed by atoms with Gasteiger partial charge >= 0.3 is 0 Å². The zero-order valence-electron chi connectivity index (χ0n) is 37.2. The van der Waals surface area contributed by atoms with Crippen molar-refractivity contribution in [3.8, 4) is 22.3 Å². The third-order valence-electron chi connectivity index (χ3n) is 14.3. The Hall–Kier alpha value is -5.18. The topological polar surface area (TPSA) is 6.48 Å². The summed E-state index contributed by atoms with van der Waals surface area (Å²) < 4.78 is 65.5. The molecule has 7 aromatic rings. The summed E-state index contributed by atoms with van der Waals surface area (Å²) in [5.41, 5.74) is 6.47. The van der Waals surface area contributed by atoms with E-state index in [0.29, 0.717) is 22.3 Å². The van der Waals surface area contributed by atoms with Crippen LogP contribution in [0.15, 0.2) is 167 Å². The van der Waals surface area contributed by atoms with Gasteiger partial charge in [-0.1, -0.05) is 98.6 Å². The summed E-state index contributed by atoms with van der Waals surface area (Å²) in [6, 6.07) is 52.7. The minimum absolute atomic E-state index is 0.672. The standard InChI is InChI=1S/C56H50Br2F4N2/c1-51(2)47-28-18-37(32-49(47)53(5,6)55(51,59)60)35-12-9-14-43(30-35)63(41-24-20-39(57)21-25-41)45-16-11-17-46(34-45)64(42-26-22-40(58)23-27-42)44-15-10-13-36(31-44)38-19-29-48-50(33-38)54(7,8)56(61,62)52(48,3)4/h9-34H,1-8H3. The number of anilines is 6. The first-order chi connectivity index (χ1) is 30.1. The fraction of sp³-hybridized carbons (Fsp3) is 0.250. The summed E-state index contributed by atoms with van der Waals surface area (Å²) in [7, 11) is 0. The van der Waals surface area contributed by atoms with Gasteiger partial charge in [0.15, 0.2) is 0 Å². The number of fused-ring (bicyclic) bond motifs is 2. The molecule has 326 valence electrons. The SMILES string of the molecule is CC1(C)c2ccc(-c3cccc(N(c4ccc(Br)cc4)c4cccc(N(c5ccc(Br)cc5)c5cccc(-c6ccc7c(c6)C(C)(C)C(F)(F)C7(C)C)c5)c4)c3)cc2C(C)(C)C1(F)F. The van der Waals surface area contributed by atoms with E-state index < -0.39 is 33.5 Å². The van der Waals surface area contributed by atoms with Crippen LogP contribution < -0.4 is 9.80 Å². The van der Waals surface area contributed by atoms with Crippen LogP contribution in [0.2, 0.25) is 0 Å². The van der Waals surface area contributed by atoms with E-state index in [-0.39, 0.29) is 0 Å². The van der Waals surface area contributed by atoms with Crippen molar-refractivity contribution >= 4 is 66.0 Å². The number of alkyl halides is 4. The van der Waals surface area contributed by atoms with Crippen molar-refractivity contribution in [1.82, 2.24) is 0 Å². The molecule has 0 bridgehead atoms. The van der Waals surface area contributed by atoms with Crippen LogP contribution in [0, 0.1) is 0 Å². The van der Waals surface area contributed by atoms with Gasteiger partial charge in [0.2, 0.25) is 0 Å². The van der Waals surface area contributed by atoms with E-state index in [0.717, 1.165) is 65.3 Å². The van der Waals surface area contributed by atoms with Crippen molar-refractivity contribution in [1.29, 1.82) is 0 Å². The predicted molar refractivity (Wildman–Crippen MR) is 264 cm³/mol. The molecule has 0 aliphatic heterocycles. The highest BCUT2D eigenvalue weighted by Gasteiger charge is 2.66. The molecule has 2 nitrogen and oxygen atoms in total. The first kappa shape index (κ1) is 44.0. The van der Waals surface area contributed by atoms with Crippen LogP contribution in [0.25, 0.3) is 22.3 Å². The quantitative estimate of drug-likeness (QED) is 0.140. The Balaban J connectivity index is 1.15. The Kier molecular flexibility index (Phi) is 10.5. The second-order valence-corrected chi connectivity index (χ2v) is 21.2. The van der Waals surface area contributed by atoms with Gasteiger partial charge in [-0.25, -0.2) is 17.6 Å². The van der Waals surface area contributed by atoms with Gasteiger partial charge in [-0.05, 0) is 191 Å². The van der Waals surface area contributed by atoms with E-state index >= 15 is 17.6 Å². The highest BCUT2D eigenvalue weighted by atomic mass is 79.9. The van der Waals surface area contributed by atoms with Crippen LogP contribution in [0.4, 0.5) is 51.7 Å². The summed E-state index contributed by atoms with van der Waals surface area (Å²) in [6.07, 6.45) is 0. The third kappa shape index (κ3) is 6.68. The van der Waals surface area contributed by atoms with Crippen LogP contribution in [0.3, 0.4) is 0 Å². The van der Waals surface area contributed by atoms with Gasteiger partial charge in [-0.15, -0.1) is 0 Å². The van der Waals surface area contributed by atoms with Gasteiger partial charge in [0, 0.05) is 43.1 Å². The zero-order chi connectivity index (χ0) is 45.8. The largest absolute Gasteiger partial charge is 0.310 e. The number of nitrogens with zero attached hydrogens (tertiary/aromatic N) is 2. The normalized spacial score (nSPS) is 18.0. The molecule has 0 radical (unpaired) electrons. The molecule has 2 aliphatic carbocycles. The maximum absolute atomic E-state index is 15.9. The van der Waals surface area contributed by atoms with Crippen molar-refractivity contribution < 1.29 is 17.6 Å². The lowest BCUT2D eigenvalue weighted by atomic mass is 9.77. The number of hydrogen-bond donors (Lipinski definition) is 0. The number of halogens is 6. The Bertz CT molecular complexity index is 2740. The molecule has 2 aliphatic rings. The van der Waals surface area contributed by atoms with E-state index in [1.807, 2.05) is 91.0 Å². The molecule has 9 rings (SSSR count). The summed E-state index contributed by atoms with van der Waals surface area (Å²) in [6.45, 7) is 13.1. The lowest BCUT2D eigenvalue weighted by Crippen LogP contribution is -2.46. The Morgan fingerprint density at radius 1 is 0.312 bits per heavy atom. The molecule has 0 saturated heterocycles. The predicted octanol–water partition coefficient (Wildman–Crippen LogP) is 17.9. The molecule has 0 spiro atoms. The van der Waals surface area contributed by atoms with Crippen LogP contribution in [-0.4, -0.2) is 11.8 Å².